The van der Waals surface area contributed by atoms with Crippen molar-refractivity contribution >= 4 is 17.3 Å². The van der Waals surface area contributed by atoms with E-state index in [1.54, 1.807) is 12.1 Å². The Morgan fingerprint density at radius 3 is 2.59 bits per heavy atom. The van der Waals surface area contributed by atoms with Crippen LogP contribution >= 0.6 is 0 Å². The smallest absolute Gasteiger partial charge is 0.274 e. The van der Waals surface area contributed by atoms with Gasteiger partial charge >= 0.3 is 0 Å². The van der Waals surface area contributed by atoms with Gasteiger partial charge in [-0.15, -0.1) is 6.58 Å². The number of hydrogen-bond acceptors (Lipinski definition) is 3. The van der Waals surface area contributed by atoms with E-state index in [0.29, 0.717) is 12.2 Å². The molecule has 0 bridgehead atoms. The Hall–Kier alpha value is -2.83. The highest BCUT2D eigenvalue weighted by Gasteiger charge is 2.16. The SMILES string of the molecule is C=CCNc1ccc(C(=O)Nc2ccc(F)c(F)c2F)nc1. The van der Waals surface area contributed by atoms with Gasteiger partial charge in [-0.3, -0.25) is 4.79 Å². The van der Waals surface area contributed by atoms with Gasteiger partial charge in [-0.2, -0.15) is 0 Å². The molecule has 0 aliphatic carbocycles. The number of hydrogen-bond donors (Lipinski definition) is 2. The first-order valence-electron chi connectivity index (χ1n) is 6.28. The maximum Gasteiger partial charge on any atom is 0.274 e. The summed E-state index contributed by atoms with van der Waals surface area (Å²) in [6.07, 6.45) is 3.08. The molecule has 0 spiro atoms. The standard InChI is InChI=1S/C15H12F3N3O/c1-2-7-19-9-3-5-12(20-8-9)15(22)21-11-6-4-10(16)13(17)14(11)18/h2-6,8,19H,1,7H2,(H,21,22). The number of aromatic nitrogens is 1. The van der Waals surface area contributed by atoms with Crippen molar-refractivity contribution in [2.75, 3.05) is 17.2 Å². The number of halogens is 3. The van der Waals surface area contributed by atoms with Crippen LogP contribution in [0.2, 0.25) is 0 Å². The Kier molecular flexibility index (Phi) is 4.77. The molecule has 1 aromatic heterocycles. The summed E-state index contributed by atoms with van der Waals surface area (Å²) < 4.78 is 39.4. The third-order valence-corrected chi connectivity index (χ3v) is 2.73. The van der Waals surface area contributed by atoms with E-state index in [9.17, 15) is 18.0 Å². The molecule has 1 amide bonds. The summed E-state index contributed by atoms with van der Waals surface area (Å²) in [6, 6.07) is 4.68. The van der Waals surface area contributed by atoms with Crippen molar-refractivity contribution in [3.05, 3.63) is 66.3 Å². The van der Waals surface area contributed by atoms with E-state index in [4.69, 9.17) is 0 Å². The lowest BCUT2D eigenvalue weighted by molar-refractivity contribution is 0.102. The molecule has 4 nitrogen and oxygen atoms in total. The zero-order valence-electron chi connectivity index (χ0n) is 11.4. The molecule has 0 saturated carbocycles. The molecule has 0 aliphatic heterocycles. The van der Waals surface area contributed by atoms with Gasteiger partial charge in [0.25, 0.3) is 5.91 Å². The lowest BCUT2D eigenvalue weighted by atomic mass is 10.2. The number of nitrogens with one attached hydrogen (secondary N) is 2. The van der Waals surface area contributed by atoms with Gasteiger partial charge in [0.05, 0.1) is 17.6 Å². The van der Waals surface area contributed by atoms with E-state index in [2.05, 4.69) is 22.2 Å². The summed E-state index contributed by atoms with van der Waals surface area (Å²) in [6.45, 7) is 4.09. The van der Waals surface area contributed by atoms with Crippen LogP contribution in [0.5, 0.6) is 0 Å². The molecule has 2 N–H and O–H groups in total. The molecule has 7 heteroatoms. The van der Waals surface area contributed by atoms with Gasteiger partial charge in [-0.05, 0) is 24.3 Å². The zero-order chi connectivity index (χ0) is 16.1. The molecule has 114 valence electrons. The normalized spacial score (nSPS) is 10.1. The fourth-order valence-corrected chi connectivity index (χ4v) is 1.63. The van der Waals surface area contributed by atoms with Crippen LogP contribution in [0.4, 0.5) is 24.5 Å². The van der Waals surface area contributed by atoms with Crippen molar-refractivity contribution in [2.24, 2.45) is 0 Å². The third kappa shape index (κ3) is 3.43. The summed E-state index contributed by atoms with van der Waals surface area (Å²) in [5.74, 6) is -5.17. The van der Waals surface area contributed by atoms with E-state index in [1.165, 1.54) is 12.3 Å². The van der Waals surface area contributed by atoms with Gasteiger partial charge in [0.1, 0.15) is 5.69 Å². The van der Waals surface area contributed by atoms with Crippen molar-refractivity contribution in [3.63, 3.8) is 0 Å². The largest absolute Gasteiger partial charge is 0.380 e. The first kappa shape index (κ1) is 15.6. The predicted octanol–water partition coefficient (Wildman–Crippen LogP) is 3.35. The van der Waals surface area contributed by atoms with Crippen LogP contribution in [0.3, 0.4) is 0 Å². The minimum absolute atomic E-state index is 0.00767. The molecular formula is C15H12F3N3O. The first-order chi connectivity index (χ1) is 10.5. The van der Waals surface area contributed by atoms with Crippen LogP contribution in [0.1, 0.15) is 10.5 Å². The summed E-state index contributed by atoms with van der Waals surface area (Å²) in [4.78, 5) is 15.8. The second-order valence-corrected chi connectivity index (χ2v) is 4.28. The highest BCUT2D eigenvalue weighted by atomic mass is 19.2. The van der Waals surface area contributed by atoms with E-state index < -0.39 is 29.0 Å². The maximum absolute atomic E-state index is 13.5. The molecule has 0 aliphatic rings. The van der Waals surface area contributed by atoms with Gasteiger partial charge in [0.15, 0.2) is 17.5 Å². The van der Waals surface area contributed by atoms with Crippen LogP contribution in [-0.4, -0.2) is 17.4 Å². The highest BCUT2D eigenvalue weighted by molar-refractivity contribution is 6.03. The van der Waals surface area contributed by atoms with Gasteiger partial charge in [-0.1, -0.05) is 6.08 Å². The second-order valence-electron chi connectivity index (χ2n) is 4.28. The van der Waals surface area contributed by atoms with Crippen LogP contribution < -0.4 is 10.6 Å². The third-order valence-electron chi connectivity index (χ3n) is 2.73. The van der Waals surface area contributed by atoms with E-state index in [-0.39, 0.29) is 5.69 Å². The molecule has 1 aromatic carbocycles. The van der Waals surface area contributed by atoms with Gasteiger partial charge in [0, 0.05) is 6.54 Å². The summed E-state index contributed by atoms with van der Waals surface area (Å²) in [5.41, 5.74) is 0.225. The number of carbonyl (C=O) groups excluding carboxylic acids is 1. The number of benzene rings is 1. The molecule has 1 heterocycles. The van der Waals surface area contributed by atoms with Crippen molar-refractivity contribution < 1.29 is 18.0 Å². The van der Waals surface area contributed by atoms with Crippen LogP contribution in [0.15, 0.2) is 43.1 Å². The fourth-order valence-electron chi connectivity index (χ4n) is 1.63. The van der Waals surface area contributed by atoms with Gasteiger partial charge in [0.2, 0.25) is 0 Å². The molecule has 22 heavy (non-hydrogen) atoms. The number of nitrogens with zero attached hydrogens (tertiary/aromatic N) is 1. The van der Waals surface area contributed by atoms with Crippen molar-refractivity contribution in [1.82, 2.24) is 4.98 Å². The average molecular weight is 307 g/mol. The summed E-state index contributed by atoms with van der Waals surface area (Å²) in [7, 11) is 0. The topological polar surface area (TPSA) is 54.0 Å². The van der Waals surface area contributed by atoms with Crippen LogP contribution in [0.25, 0.3) is 0 Å². The van der Waals surface area contributed by atoms with Crippen LogP contribution in [-0.2, 0) is 0 Å². The minimum atomic E-state index is -1.64. The van der Waals surface area contributed by atoms with Crippen molar-refractivity contribution in [1.29, 1.82) is 0 Å². The number of rotatable bonds is 5. The number of pyridine rings is 1. The van der Waals surface area contributed by atoms with Gasteiger partial charge in [-0.25, -0.2) is 18.2 Å². The van der Waals surface area contributed by atoms with Crippen LogP contribution in [0, 0.1) is 17.5 Å². The highest BCUT2D eigenvalue weighted by Crippen LogP contribution is 2.20. The number of amides is 1. The Labute approximate surface area is 124 Å². The Morgan fingerprint density at radius 2 is 1.95 bits per heavy atom. The van der Waals surface area contributed by atoms with E-state index >= 15 is 0 Å². The lowest BCUT2D eigenvalue weighted by Gasteiger charge is -2.08. The summed E-state index contributed by atoms with van der Waals surface area (Å²) in [5, 5.41) is 5.11. The van der Waals surface area contributed by atoms with Crippen molar-refractivity contribution in [3.8, 4) is 0 Å². The zero-order valence-corrected chi connectivity index (χ0v) is 11.4. The fraction of sp³-hybridized carbons (Fsp3) is 0.0667. The predicted molar refractivity (Wildman–Crippen MR) is 77.2 cm³/mol. The molecule has 0 fully saturated rings. The van der Waals surface area contributed by atoms with Gasteiger partial charge < -0.3 is 10.6 Å². The van der Waals surface area contributed by atoms with Crippen molar-refractivity contribution in [2.45, 2.75) is 0 Å². The first-order valence-corrected chi connectivity index (χ1v) is 6.28. The Bertz CT molecular complexity index is 702. The molecular weight excluding hydrogens is 295 g/mol. The average Bonchev–Trinajstić information content (AvgIpc) is 2.54. The monoisotopic (exact) mass is 307 g/mol. The second kappa shape index (κ2) is 6.75. The molecule has 0 unspecified atom stereocenters. The lowest BCUT2D eigenvalue weighted by Crippen LogP contribution is -2.15. The molecule has 0 atom stereocenters. The molecule has 2 rings (SSSR count). The summed E-state index contributed by atoms with van der Waals surface area (Å²) >= 11 is 0. The van der Waals surface area contributed by atoms with E-state index in [1.807, 2.05) is 0 Å². The molecule has 0 saturated heterocycles. The minimum Gasteiger partial charge on any atom is -0.380 e. The van der Waals surface area contributed by atoms with E-state index in [0.717, 1.165) is 12.1 Å². The molecule has 2 aromatic rings. The Morgan fingerprint density at radius 1 is 1.18 bits per heavy atom. The number of anilines is 2. The Balaban J connectivity index is 2.12. The maximum atomic E-state index is 13.5. The molecule has 0 radical (unpaired) electrons. The number of carbonyl (C=O) groups is 1. The quantitative estimate of drug-likeness (QED) is 0.658.